The summed E-state index contributed by atoms with van der Waals surface area (Å²) in [5.74, 6) is 0.103. The molecule has 1 aliphatic heterocycles. The van der Waals surface area contributed by atoms with Crippen molar-refractivity contribution >= 4 is 23.2 Å². The van der Waals surface area contributed by atoms with E-state index < -0.39 is 18.7 Å². The molecule has 0 amide bonds. The number of nitrogens with zero attached hydrogens (tertiary/aromatic N) is 3. The second-order valence-electron chi connectivity index (χ2n) is 5.08. The van der Waals surface area contributed by atoms with Crippen LogP contribution in [-0.4, -0.2) is 25.9 Å². The molecule has 1 atom stereocenters. The molecule has 0 radical (unpaired) electrons. The molecule has 1 aromatic heterocycles. The van der Waals surface area contributed by atoms with Gasteiger partial charge in [0.2, 0.25) is 0 Å². The molecular weight excluding hydrogens is 339 g/mol. The summed E-state index contributed by atoms with van der Waals surface area (Å²) in [5.41, 5.74) is -0.144. The molecule has 3 rings (SSSR count). The fourth-order valence-corrected chi connectivity index (χ4v) is 3.19. The van der Waals surface area contributed by atoms with E-state index in [1.807, 2.05) is 0 Å². The van der Waals surface area contributed by atoms with Crippen LogP contribution in [-0.2, 0) is 19.5 Å². The van der Waals surface area contributed by atoms with Gasteiger partial charge in [-0.25, -0.2) is 18.3 Å². The van der Waals surface area contributed by atoms with Gasteiger partial charge in [0.15, 0.2) is 0 Å². The van der Waals surface area contributed by atoms with Crippen molar-refractivity contribution in [2.45, 2.75) is 31.9 Å². The predicted molar refractivity (Wildman–Crippen MR) is 77.1 cm³/mol. The highest BCUT2D eigenvalue weighted by Crippen LogP contribution is 2.41. The number of halogens is 4. The highest BCUT2D eigenvalue weighted by Gasteiger charge is 2.31. The summed E-state index contributed by atoms with van der Waals surface area (Å²) < 4.78 is 26.8. The van der Waals surface area contributed by atoms with E-state index in [1.165, 1.54) is 16.7 Å². The minimum atomic E-state index is -2.64. The molecule has 0 bridgehead atoms. The summed E-state index contributed by atoms with van der Waals surface area (Å²) >= 11 is 12.1. The second kappa shape index (κ2) is 5.55. The monoisotopic (exact) mass is 349 g/mol. The zero-order valence-corrected chi connectivity index (χ0v) is 12.7. The highest BCUT2D eigenvalue weighted by molar-refractivity contribution is 6.42. The number of hydrogen-bond donors (Lipinski definition) is 1. The zero-order chi connectivity index (χ0) is 16.0. The summed E-state index contributed by atoms with van der Waals surface area (Å²) in [5, 5.41) is 14.4. The van der Waals surface area contributed by atoms with Crippen LogP contribution >= 0.6 is 23.2 Å². The van der Waals surface area contributed by atoms with E-state index in [4.69, 9.17) is 23.2 Å². The molecule has 2 aromatic rings. The first-order valence-electron chi connectivity index (χ1n) is 6.50. The van der Waals surface area contributed by atoms with Gasteiger partial charge in [0.25, 0.3) is 6.43 Å². The minimum Gasteiger partial charge on any atom is -0.508 e. The van der Waals surface area contributed by atoms with Crippen molar-refractivity contribution in [2.75, 3.05) is 0 Å². The van der Waals surface area contributed by atoms with Crippen LogP contribution in [0, 0.1) is 0 Å². The lowest BCUT2D eigenvalue weighted by atomic mass is 9.96. The van der Waals surface area contributed by atoms with Gasteiger partial charge in [0.05, 0.1) is 10.0 Å². The maximum Gasteiger partial charge on any atom is 0.346 e. The molecule has 118 valence electrons. The SMILES string of the molecule is O=c1n(CC(F)F)nc2n1C[C@H](c1c(O)ccc(Cl)c1Cl)C2. The number of rotatable bonds is 3. The summed E-state index contributed by atoms with van der Waals surface area (Å²) in [4.78, 5) is 12.0. The Morgan fingerprint density at radius 1 is 1.41 bits per heavy atom. The summed E-state index contributed by atoms with van der Waals surface area (Å²) in [7, 11) is 0. The van der Waals surface area contributed by atoms with Gasteiger partial charge >= 0.3 is 5.69 Å². The lowest BCUT2D eigenvalue weighted by Crippen LogP contribution is -2.27. The lowest BCUT2D eigenvalue weighted by Gasteiger charge is -2.14. The van der Waals surface area contributed by atoms with E-state index in [0.29, 0.717) is 22.8 Å². The quantitative estimate of drug-likeness (QED) is 0.926. The lowest BCUT2D eigenvalue weighted by molar-refractivity contribution is 0.119. The van der Waals surface area contributed by atoms with Crippen LogP contribution in [0.2, 0.25) is 10.0 Å². The molecule has 22 heavy (non-hydrogen) atoms. The van der Waals surface area contributed by atoms with E-state index in [-0.39, 0.29) is 23.2 Å². The Balaban J connectivity index is 1.93. The van der Waals surface area contributed by atoms with Crippen molar-refractivity contribution in [3.8, 4) is 5.75 Å². The molecule has 0 saturated carbocycles. The van der Waals surface area contributed by atoms with Gasteiger partial charge in [-0.05, 0) is 12.1 Å². The van der Waals surface area contributed by atoms with Crippen LogP contribution in [0.25, 0.3) is 0 Å². The van der Waals surface area contributed by atoms with Crippen LogP contribution in [0.15, 0.2) is 16.9 Å². The maximum atomic E-state index is 12.4. The van der Waals surface area contributed by atoms with Crippen molar-refractivity contribution in [2.24, 2.45) is 0 Å². The Morgan fingerprint density at radius 2 is 2.14 bits per heavy atom. The molecule has 0 fully saturated rings. The molecule has 0 aliphatic carbocycles. The molecule has 0 saturated heterocycles. The van der Waals surface area contributed by atoms with E-state index in [1.54, 1.807) is 0 Å². The van der Waals surface area contributed by atoms with Crippen molar-refractivity contribution in [1.29, 1.82) is 0 Å². The number of aromatic hydroxyl groups is 1. The number of alkyl halides is 2. The van der Waals surface area contributed by atoms with Gasteiger partial charge in [0.1, 0.15) is 18.1 Å². The maximum absolute atomic E-state index is 12.4. The van der Waals surface area contributed by atoms with Gasteiger partial charge < -0.3 is 5.11 Å². The molecular formula is C13H11Cl2F2N3O2. The van der Waals surface area contributed by atoms with Crippen molar-refractivity contribution in [3.63, 3.8) is 0 Å². The van der Waals surface area contributed by atoms with E-state index in [9.17, 15) is 18.7 Å². The number of aromatic nitrogens is 3. The largest absolute Gasteiger partial charge is 0.508 e. The first-order valence-corrected chi connectivity index (χ1v) is 7.25. The minimum absolute atomic E-state index is 0.0157. The average Bonchev–Trinajstić information content (AvgIpc) is 2.95. The van der Waals surface area contributed by atoms with E-state index >= 15 is 0 Å². The zero-order valence-electron chi connectivity index (χ0n) is 11.1. The van der Waals surface area contributed by atoms with Crippen LogP contribution < -0.4 is 5.69 Å². The third-order valence-electron chi connectivity index (χ3n) is 3.66. The fraction of sp³-hybridized carbons (Fsp3) is 0.385. The van der Waals surface area contributed by atoms with Crippen LogP contribution in [0.5, 0.6) is 5.75 Å². The Labute approximate surface area is 133 Å². The molecule has 1 N–H and O–H groups in total. The molecule has 2 heterocycles. The topological polar surface area (TPSA) is 60.0 Å². The standard InChI is InChI=1S/C13H11Cl2F2N3O2/c14-7-1-2-8(21)11(12(7)15)6-3-10-18-20(5-9(16)17)13(22)19(10)4-6/h1-2,6,9,21H,3-5H2/t6-/m1/s1. The number of phenolic OH excluding ortho intramolecular Hbond substituents is 1. The van der Waals surface area contributed by atoms with Gasteiger partial charge in [-0.1, -0.05) is 23.2 Å². The smallest absolute Gasteiger partial charge is 0.346 e. The Morgan fingerprint density at radius 3 is 2.77 bits per heavy atom. The molecule has 9 heteroatoms. The summed E-state index contributed by atoms with van der Waals surface area (Å²) in [6.45, 7) is -0.516. The third kappa shape index (κ3) is 2.48. The van der Waals surface area contributed by atoms with E-state index in [0.717, 1.165) is 4.68 Å². The van der Waals surface area contributed by atoms with Crippen LogP contribution in [0.4, 0.5) is 8.78 Å². The van der Waals surface area contributed by atoms with Crippen molar-refractivity contribution < 1.29 is 13.9 Å². The molecule has 0 unspecified atom stereocenters. The first-order chi connectivity index (χ1) is 10.4. The van der Waals surface area contributed by atoms with Gasteiger partial charge in [-0.2, -0.15) is 5.10 Å². The normalized spacial score (nSPS) is 17.2. The summed E-state index contributed by atoms with van der Waals surface area (Å²) in [6, 6.07) is 2.91. The van der Waals surface area contributed by atoms with Gasteiger partial charge in [0, 0.05) is 24.4 Å². The average molecular weight is 350 g/mol. The first kappa shape index (κ1) is 15.3. The molecule has 1 aliphatic rings. The highest BCUT2D eigenvalue weighted by atomic mass is 35.5. The molecule has 1 aromatic carbocycles. The fourth-order valence-electron chi connectivity index (χ4n) is 2.71. The Kier molecular flexibility index (Phi) is 3.86. The van der Waals surface area contributed by atoms with Crippen molar-refractivity contribution in [1.82, 2.24) is 14.3 Å². The van der Waals surface area contributed by atoms with Crippen LogP contribution in [0.1, 0.15) is 17.3 Å². The van der Waals surface area contributed by atoms with Crippen molar-refractivity contribution in [3.05, 3.63) is 44.1 Å². The molecule has 5 nitrogen and oxygen atoms in total. The third-order valence-corrected chi connectivity index (χ3v) is 4.48. The van der Waals surface area contributed by atoms with Gasteiger partial charge in [-0.15, -0.1) is 0 Å². The Bertz CT molecular complexity index is 788. The molecule has 0 spiro atoms. The number of hydrogen-bond acceptors (Lipinski definition) is 3. The predicted octanol–water partition coefficient (Wildman–Crippen LogP) is 2.66. The van der Waals surface area contributed by atoms with Crippen LogP contribution in [0.3, 0.4) is 0 Å². The second-order valence-corrected chi connectivity index (χ2v) is 5.86. The van der Waals surface area contributed by atoms with Gasteiger partial charge in [-0.3, -0.25) is 4.57 Å². The number of fused-ring (bicyclic) bond motifs is 1. The summed E-state index contributed by atoms with van der Waals surface area (Å²) in [6.07, 6.45) is -2.32. The Hall–Kier alpha value is -1.60. The van der Waals surface area contributed by atoms with E-state index in [2.05, 4.69) is 5.10 Å². The number of benzene rings is 1. The number of phenols is 1.